The first-order valence-corrected chi connectivity index (χ1v) is 5.67. The van der Waals surface area contributed by atoms with Gasteiger partial charge in [-0.25, -0.2) is 4.72 Å². The third-order valence-corrected chi connectivity index (χ3v) is 2.80. The zero-order valence-corrected chi connectivity index (χ0v) is 8.69. The Kier molecular flexibility index (Phi) is 5.62. The molecular formula is C7H15N3O2S. The van der Waals surface area contributed by atoms with E-state index in [9.17, 15) is 8.42 Å². The number of hydrogen-bond donors (Lipinski definition) is 2. The van der Waals surface area contributed by atoms with Crippen LogP contribution in [0.4, 0.5) is 0 Å². The second-order valence-electron chi connectivity index (χ2n) is 2.59. The van der Waals surface area contributed by atoms with Crippen molar-refractivity contribution >= 4 is 10.2 Å². The molecule has 1 atom stereocenters. The summed E-state index contributed by atoms with van der Waals surface area (Å²) >= 11 is 0. The van der Waals surface area contributed by atoms with Crippen LogP contribution in [0.3, 0.4) is 0 Å². The summed E-state index contributed by atoms with van der Waals surface area (Å²) in [5.74, 6) is 0. The van der Waals surface area contributed by atoms with Crippen LogP contribution in [0.2, 0.25) is 0 Å². The molecule has 0 aromatic carbocycles. The number of hydrogen-bond acceptors (Lipinski definition) is 3. The first-order valence-electron chi connectivity index (χ1n) is 4.19. The quantitative estimate of drug-likeness (QED) is 0.646. The van der Waals surface area contributed by atoms with E-state index in [-0.39, 0.29) is 12.5 Å². The number of nitrogens with zero attached hydrogens (tertiary/aromatic N) is 1. The van der Waals surface area contributed by atoms with Crippen LogP contribution >= 0.6 is 0 Å². The Bertz CT molecular complexity index is 268. The fourth-order valence-electron chi connectivity index (χ4n) is 0.831. The van der Waals surface area contributed by atoms with Crippen LogP contribution in [0.15, 0.2) is 0 Å². The van der Waals surface area contributed by atoms with Gasteiger partial charge >= 0.3 is 0 Å². The molecule has 6 heteroatoms. The third-order valence-electron chi connectivity index (χ3n) is 1.49. The first-order chi connectivity index (χ1) is 6.05. The van der Waals surface area contributed by atoms with Crippen molar-refractivity contribution in [1.29, 1.82) is 5.26 Å². The van der Waals surface area contributed by atoms with Gasteiger partial charge in [-0.05, 0) is 6.42 Å². The van der Waals surface area contributed by atoms with E-state index in [1.54, 1.807) is 6.92 Å². The van der Waals surface area contributed by atoms with Gasteiger partial charge < -0.3 is 0 Å². The SMILES string of the molecule is CCNS(=O)(=O)NC(CC)CC#N. The molecule has 0 aliphatic rings. The molecule has 1 unspecified atom stereocenters. The molecule has 0 aromatic heterocycles. The molecule has 0 aromatic rings. The number of rotatable bonds is 6. The van der Waals surface area contributed by atoms with E-state index in [1.165, 1.54) is 0 Å². The third kappa shape index (κ3) is 5.58. The summed E-state index contributed by atoms with van der Waals surface area (Å²) in [4.78, 5) is 0. The molecule has 0 spiro atoms. The predicted molar refractivity (Wildman–Crippen MR) is 50.0 cm³/mol. The van der Waals surface area contributed by atoms with Gasteiger partial charge in [0.15, 0.2) is 0 Å². The van der Waals surface area contributed by atoms with Gasteiger partial charge in [-0.1, -0.05) is 13.8 Å². The fourth-order valence-corrected chi connectivity index (χ4v) is 1.98. The zero-order chi connectivity index (χ0) is 10.3. The summed E-state index contributed by atoms with van der Waals surface area (Å²) < 4.78 is 27.0. The molecule has 0 radical (unpaired) electrons. The first kappa shape index (κ1) is 12.4. The monoisotopic (exact) mass is 205 g/mol. The number of nitrogens with one attached hydrogen (secondary N) is 2. The van der Waals surface area contributed by atoms with E-state index in [0.717, 1.165) is 0 Å². The van der Waals surface area contributed by atoms with Crippen molar-refractivity contribution in [2.45, 2.75) is 32.7 Å². The van der Waals surface area contributed by atoms with E-state index in [0.29, 0.717) is 13.0 Å². The molecule has 0 saturated heterocycles. The van der Waals surface area contributed by atoms with Crippen LogP contribution in [0, 0.1) is 11.3 Å². The lowest BCUT2D eigenvalue weighted by Crippen LogP contribution is -2.42. The summed E-state index contributed by atoms with van der Waals surface area (Å²) in [7, 11) is -3.42. The summed E-state index contributed by atoms with van der Waals surface area (Å²) in [6, 6.07) is 1.63. The van der Waals surface area contributed by atoms with Crippen LogP contribution in [0.5, 0.6) is 0 Å². The standard InChI is InChI=1S/C7H15N3O2S/c1-3-7(5-6-8)10-13(11,12)9-4-2/h7,9-10H,3-5H2,1-2H3. The zero-order valence-electron chi connectivity index (χ0n) is 7.87. The summed E-state index contributed by atoms with van der Waals surface area (Å²) in [6.07, 6.45) is 0.805. The van der Waals surface area contributed by atoms with Crippen molar-refractivity contribution in [3.8, 4) is 6.07 Å². The average molecular weight is 205 g/mol. The van der Waals surface area contributed by atoms with Crippen LogP contribution in [0.1, 0.15) is 26.7 Å². The summed E-state index contributed by atoms with van der Waals surface area (Å²) in [6.45, 7) is 3.87. The van der Waals surface area contributed by atoms with Crippen LogP contribution in [-0.2, 0) is 10.2 Å². The van der Waals surface area contributed by atoms with Crippen molar-refractivity contribution in [3.63, 3.8) is 0 Å². The second-order valence-corrected chi connectivity index (χ2v) is 4.12. The molecular weight excluding hydrogens is 190 g/mol. The highest BCUT2D eigenvalue weighted by Gasteiger charge is 2.14. The van der Waals surface area contributed by atoms with Gasteiger partial charge in [-0.15, -0.1) is 0 Å². The Labute approximate surface area is 79.3 Å². The molecule has 0 amide bonds. The van der Waals surface area contributed by atoms with E-state index in [1.807, 2.05) is 13.0 Å². The minimum Gasteiger partial charge on any atom is -0.203 e. The van der Waals surface area contributed by atoms with E-state index in [4.69, 9.17) is 5.26 Å². The molecule has 0 aliphatic heterocycles. The molecule has 0 rings (SSSR count). The van der Waals surface area contributed by atoms with E-state index < -0.39 is 10.2 Å². The van der Waals surface area contributed by atoms with Gasteiger partial charge in [0.2, 0.25) is 0 Å². The molecule has 0 bridgehead atoms. The Morgan fingerprint density at radius 1 is 1.46 bits per heavy atom. The van der Waals surface area contributed by atoms with Crippen molar-refractivity contribution in [1.82, 2.24) is 9.44 Å². The molecule has 5 nitrogen and oxygen atoms in total. The maximum absolute atomic E-state index is 11.1. The Morgan fingerprint density at radius 2 is 2.08 bits per heavy atom. The maximum Gasteiger partial charge on any atom is 0.277 e. The van der Waals surface area contributed by atoms with Gasteiger partial charge in [-0.2, -0.15) is 18.4 Å². The highest BCUT2D eigenvalue weighted by atomic mass is 32.2. The lowest BCUT2D eigenvalue weighted by Gasteiger charge is -2.13. The smallest absolute Gasteiger partial charge is 0.203 e. The van der Waals surface area contributed by atoms with Crippen LogP contribution < -0.4 is 9.44 Å². The maximum atomic E-state index is 11.1. The van der Waals surface area contributed by atoms with Gasteiger partial charge in [0.25, 0.3) is 10.2 Å². The largest absolute Gasteiger partial charge is 0.277 e. The average Bonchev–Trinajstić information content (AvgIpc) is 2.03. The van der Waals surface area contributed by atoms with Crippen LogP contribution in [-0.4, -0.2) is 21.0 Å². The van der Waals surface area contributed by atoms with Gasteiger partial charge in [0.05, 0.1) is 12.5 Å². The number of nitriles is 1. The van der Waals surface area contributed by atoms with Crippen molar-refractivity contribution in [3.05, 3.63) is 0 Å². The fraction of sp³-hybridized carbons (Fsp3) is 0.857. The minimum atomic E-state index is -3.42. The lowest BCUT2D eigenvalue weighted by molar-refractivity contribution is 0.533. The Balaban J connectivity index is 4.16. The van der Waals surface area contributed by atoms with E-state index >= 15 is 0 Å². The summed E-state index contributed by atoms with van der Waals surface area (Å²) in [5, 5.41) is 8.39. The van der Waals surface area contributed by atoms with Gasteiger partial charge in [0, 0.05) is 12.6 Å². The Hall–Kier alpha value is -0.640. The van der Waals surface area contributed by atoms with Gasteiger partial charge in [-0.3, -0.25) is 0 Å². The molecule has 76 valence electrons. The topological polar surface area (TPSA) is 82.0 Å². The van der Waals surface area contributed by atoms with Crippen molar-refractivity contribution in [2.24, 2.45) is 0 Å². The molecule has 0 saturated carbocycles. The van der Waals surface area contributed by atoms with E-state index in [2.05, 4.69) is 9.44 Å². The molecule has 0 aliphatic carbocycles. The highest BCUT2D eigenvalue weighted by molar-refractivity contribution is 7.87. The second kappa shape index (κ2) is 5.91. The van der Waals surface area contributed by atoms with Crippen molar-refractivity contribution < 1.29 is 8.42 Å². The summed E-state index contributed by atoms with van der Waals surface area (Å²) in [5.41, 5.74) is 0. The van der Waals surface area contributed by atoms with Crippen LogP contribution in [0.25, 0.3) is 0 Å². The Morgan fingerprint density at radius 3 is 2.46 bits per heavy atom. The lowest BCUT2D eigenvalue weighted by atomic mass is 10.2. The molecule has 0 heterocycles. The van der Waals surface area contributed by atoms with Crippen molar-refractivity contribution in [2.75, 3.05) is 6.54 Å². The molecule has 2 N–H and O–H groups in total. The molecule has 0 fully saturated rings. The van der Waals surface area contributed by atoms with Gasteiger partial charge in [0.1, 0.15) is 0 Å². The highest BCUT2D eigenvalue weighted by Crippen LogP contribution is 1.97. The minimum absolute atomic E-state index is 0.196. The normalized spacial score (nSPS) is 13.6. The molecule has 13 heavy (non-hydrogen) atoms. The predicted octanol–water partition coefficient (Wildman–Crippen LogP) is 0.123.